The summed E-state index contributed by atoms with van der Waals surface area (Å²) >= 11 is 0. The molecular weight excluding hydrogens is 452 g/mol. The van der Waals surface area contributed by atoms with Crippen LogP contribution in [0.4, 0.5) is 0 Å². The monoisotopic (exact) mass is 500 g/mol. The number of benzene rings is 1. The fourth-order valence-electron chi connectivity index (χ4n) is 4.90. The van der Waals surface area contributed by atoms with E-state index in [9.17, 15) is 15.0 Å². The van der Waals surface area contributed by atoms with Crippen molar-refractivity contribution >= 4 is 14.0 Å². The Balaban J connectivity index is 2.61. The number of phenols is 1. The summed E-state index contributed by atoms with van der Waals surface area (Å²) in [5.74, 6) is -0.113. The number of ether oxygens (including phenoxy) is 1. The van der Waals surface area contributed by atoms with E-state index in [1.807, 2.05) is 32.2 Å². The highest BCUT2D eigenvalue weighted by Gasteiger charge is 2.55. The van der Waals surface area contributed by atoms with Crippen LogP contribution in [0.25, 0.3) is 0 Å². The van der Waals surface area contributed by atoms with E-state index in [-0.39, 0.29) is 22.6 Å². The molecule has 0 fully saturated rings. The lowest BCUT2D eigenvalue weighted by Gasteiger charge is -2.45. The summed E-state index contributed by atoms with van der Waals surface area (Å²) in [5.41, 5.74) is 3.87. The molecule has 0 bridgehead atoms. The van der Waals surface area contributed by atoms with Gasteiger partial charge in [0.25, 0.3) is 0 Å². The number of hydrogen-bond acceptors (Lipinski definition) is 4. The molecule has 0 heterocycles. The molecule has 0 aliphatic heterocycles. The average molecular weight is 501 g/mol. The van der Waals surface area contributed by atoms with E-state index in [1.165, 1.54) is 5.57 Å². The molecule has 1 aliphatic rings. The Hall–Kier alpha value is -1.85. The third kappa shape index (κ3) is 6.29. The first-order chi connectivity index (χ1) is 16.0. The van der Waals surface area contributed by atoms with Crippen LogP contribution in [0, 0.1) is 5.92 Å². The van der Waals surface area contributed by atoms with E-state index >= 15 is 0 Å². The fourth-order valence-corrected chi connectivity index (χ4v) is 6.92. The molecule has 2 N–H and O–H groups in total. The number of rotatable bonds is 9. The zero-order chi connectivity index (χ0) is 26.8. The number of unbranched alkanes of at least 4 members (excludes halogenated alkanes) is 2. The van der Waals surface area contributed by atoms with Crippen molar-refractivity contribution in [3.63, 3.8) is 0 Å². The maximum atomic E-state index is 13.6. The van der Waals surface area contributed by atoms with Crippen molar-refractivity contribution in [1.82, 2.24) is 0 Å². The number of aryl methyl sites for hydroxylation is 1. The summed E-state index contributed by atoms with van der Waals surface area (Å²) in [7, 11) is -2.51. The summed E-state index contributed by atoms with van der Waals surface area (Å²) < 4.78 is 6.06. The fraction of sp³-hybridized carbons (Fsp3) is 0.633. The Morgan fingerprint density at radius 2 is 1.83 bits per heavy atom. The quantitative estimate of drug-likeness (QED) is 0.119. The van der Waals surface area contributed by atoms with Gasteiger partial charge < -0.3 is 14.9 Å². The van der Waals surface area contributed by atoms with Crippen molar-refractivity contribution in [2.24, 2.45) is 5.92 Å². The largest absolute Gasteiger partial charge is 0.507 e. The number of allylic oxidation sites excluding steroid dienone is 3. The van der Waals surface area contributed by atoms with Crippen LogP contribution in [0.5, 0.6) is 11.5 Å². The number of hydrogen-bond donors (Lipinski definition) is 2. The Labute approximate surface area is 214 Å². The molecule has 0 spiro atoms. The molecule has 0 saturated carbocycles. The first-order valence-corrected chi connectivity index (χ1v) is 16.2. The zero-order valence-electron chi connectivity index (χ0n) is 23.5. The molecule has 5 heteroatoms. The molecule has 0 amide bonds. The normalized spacial score (nSPS) is 20.7. The van der Waals surface area contributed by atoms with Gasteiger partial charge in [-0.2, -0.15) is 0 Å². The Bertz CT molecular complexity index is 965. The molecule has 0 saturated heterocycles. The van der Waals surface area contributed by atoms with Crippen molar-refractivity contribution in [3.8, 4) is 11.5 Å². The highest BCUT2D eigenvalue weighted by atomic mass is 28.3. The van der Waals surface area contributed by atoms with Gasteiger partial charge >= 0.3 is 5.97 Å². The molecule has 196 valence electrons. The van der Waals surface area contributed by atoms with Crippen LogP contribution >= 0.6 is 0 Å². The molecule has 3 atom stereocenters. The van der Waals surface area contributed by atoms with Crippen molar-refractivity contribution in [1.29, 1.82) is 0 Å². The Morgan fingerprint density at radius 3 is 2.37 bits per heavy atom. The number of carbonyl (C=O) groups excluding carboxylic acids is 1. The lowest BCUT2D eigenvalue weighted by atomic mass is 9.73. The first kappa shape index (κ1) is 29.4. The maximum Gasteiger partial charge on any atom is 0.339 e. The molecule has 4 nitrogen and oxygen atoms in total. The van der Waals surface area contributed by atoms with Crippen LogP contribution in [-0.2, 0) is 11.2 Å². The van der Waals surface area contributed by atoms with Gasteiger partial charge in [-0.3, -0.25) is 0 Å². The summed E-state index contributed by atoms with van der Waals surface area (Å²) in [4.78, 5) is 13.6. The third-order valence-corrected chi connectivity index (χ3v) is 15.0. The van der Waals surface area contributed by atoms with Crippen molar-refractivity contribution < 1.29 is 19.7 Å². The van der Waals surface area contributed by atoms with Gasteiger partial charge in [0.2, 0.25) is 0 Å². The minimum Gasteiger partial charge on any atom is -0.507 e. The second kappa shape index (κ2) is 11.0. The second-order valence-electron chi connectivity index (χ2n) is 12.4. The summed E-state index contributed by atoms with van der Waals surface area (Å²) in [6, 6.07) is 3.72. The van der Waals surface area contributed by atoms with Gasteiger partial charge in [-0.25, -0.2) is 4.79 Å². The third-order valence-electron chi connectivity index (χ3n) is 8.65. The van der Waals surface area contributed by atoms with Gasteiger partial charge in [-0.1, -0.05) is 77.4 Å². The van der Waals surface area contributed by atoms with E-state index in [0.717, 1.165) is 49.7 Å². The van der Waals surface area contributed by atoms with E-state index in [1.54, 1.807) is 6.92 Å². The molecule has 0 radical (unpaired) electrons. The maximum absolute atomic E-state index is 13.6. The highest BCUT2D eigenvalue weighted by molar-refractivity contribution is 6.85. The SMILES string of the molecule is C=C(C)[C@@H]1CCC(C)=C[C@H]1c1c(O)cc(CCCCC)cc1OC(=O)C(C)(O)[Si](C)(C)C(C)(C)C. The first-order valence-electron chi connectivity index (χ1n) is 13.2. The standard InChI is InChI=1S/C30H48O4Si/c1-11-12-13-14-22-18-25(31)27(24-17-21(4)15-16-23(24)20(2)3)26(19-22)34-28(32)30(8,33)35(9,10)29(5,6)7/h17-19,23-24,31,33H,2,11-16H2,1,3-10H3/t23-,24+,30?/m0/s1. The van der Waals surface area contributed by atoms with Crippen molar-refractivity contribution in [3.05, 3.63) is 47.1 Å². The average Bonchev–Trinajstić information content (AvgIpc) is 2.72. The van der Waals surface area contributed by atoms with Gasteiger partial charge in [0.1, 0.15) is 24.8 Å². The molecule has 2 rings (SSSR count). The van der Waals surface area contributed by atoms with Crippen LogP contribution in [0.1, 0.15) is 97.6 Å². The highest BCUT2D eigenvalue weighted by Crippen LogP contribution is 2.48. The van der Waals surface area contributed by atoms with Crippen LogP contribution in [0.2, 0.25) is 18.1 Å². The number of aromatic hydroxyl groups is 1. The molecule has 1 aromatic rings. The van der Waals surface area contributed by atoms with E-state index in [0.29, 0.717) is 11.3 Å². The predicted octanol–water partition coefficient (Wildman–Crippen LogP) is 7.85. The minimum absolute atomic E-state index is 0.133. The summed E-state index contributed by atoms with van der Waals surface area (Å²) in [6.07, 6.45) is 8.11. The zero-order valence-corrected chi connectivity index (χ0v) is 24.5. The molecular formula is C30H48O4Si. The van der Waals surface area contributed by atoms with E-state index in [4.69, 9.17) is 4.74 Å². The smallest absolute Gasteiger partial charge is 0.339 e. The molecule has 1 aromatic carbocycles. The topological polar surface area (TPSA) is 66.8 Å². The van der Waals surface area contributed by atoms with Gasteiger partial charge in [0.15, 0.2) is 0 Å². The van der Waals surface area contributed by atoms with Crippen LogP contribution in [0.15, 0.2) is 35.9 Å². The Morgan fingerprint density at radius 1 is 1.20 bits per heavy atom. The van der Waals surface area contributed by atoms with Gasteiger partial charge in [0, 0.05) is 11.5 Å². The van der Waals surface area contributed by atoms with Gasteiger partial charge in [-0.15, -0.1) is 0 Å². The van der Waals surface area contributed by atoms with Gasteiger partial charge in [-0.05, 0) is 75.1 Å². The van der Waals surface area contributed by atoms with Gasteiger partial charge in [0.05, 0.1) is 0 Å². The van der Waals surface area contributed by atoms with Crippen LogP contribution in [-0.4, -0.2) is 29.5 Å². The lowest BCUT2D eigenvalue weighted by Crippen LogP contribution is -2.63. The second-order valence-corrected chi connectivity index (χ2v) is 18.1. The van der Waals surface area contributed by atoms with Crippen molar-refractivity contribution in [2.45, 2.75) is 116 Å². The number of esters is 1. The van der Waals surface area contributed by atoms with Crippen LogP contribution < -0.4 is 4.74 Å². The molecule has 0 aromatic heterocycles. The molecule has 35 heavy (non-hydrogen) atoms. The van der Waals surface area contributed by atoms with Crippen molar-refractivity contribution in [2.75, 3.05) is 0 Å². The molecule has 1 unspecified atom stereocenters. The Kier molecular flexibility index (Phi) is 9.27. The predicted molar refractivity (Wildman–Crippen MR) is 149 cm³/mol. The lowest BCUT2D eigenvalue weighted by molar-refractivity contribution is -0.147. The molecule has 1 aliphatic carbocycles. The van der Waals surface area contributed by atoms with Crippen LogP contribution in [0.3, 0.4) is 0 Å². The van der Waals surface area contributed by atoms with E-state index in [2.05, 4.69) is 47.3 Å². The minimum atomic E-state index is -2.51. The summed E-state index contributed by atoms with van der Waals surface area (Å²) in [5, 5.41) is 21.0. The number of aliphatic hydroxyl groups is 1. The number of phenolic OH excluding ortho intramolecular Hbond substituents is 1. The summed E-state index contributed by atoms with van der Waals surface area (Å²) in [6.45, 7) is 22.4. The number of carbonyl (C=O) groups is 1. The van der Waals surface area contributed by atoms with E-state index < -0.39 is 19.3 Å².